The summed E-state index contributed by atoms with van der Waals surface area (Å²) in [5, 5.41) is 3.02. The molecule has 0 unspecified atom stereocenters. The van der Waals surface area contributed by atoms with Crippen molar-refractivity contribution in [1.29, 1.82) is 0 Å². The lowest BCUT2D eigenvalue weighted by Crippen LogP contribution is -2.35. The number of rotatable bonds is 10. The normalized spacial score (nSPS) is 15.7. The summed E-state index contributed by atoms with van der Waals surface area (Å²) in [5.74, 6) is 2.13. The van der Waals surface area contributed by atoms with E-state index >= 15 is 0 Å². The van der Waals surface area contributed by atoms with Crippen molar-refractivity contribution >= 4 is 5.91 Å². The van der Waals surface area contributed by atoms with Crippen LogP contribution in [0.5, 0.6) is 11.5 Å². The van der Waals surface area contributed by atoms with Crippen LogP contribution in [-0.2, 0) is 0 Å². The lowest BCUT2D eigenvalue weighted by molar-refractivity contribution is 0.0950. The van der Waals surface area contributed by atoms with Gasteiger partial charge in [-0.15, -0.1) is 0 Å². The van der Waals surface area contributed by atoms with Crippen LogP contribution in [0.25, 0.3) is 0 Å². The van der Waals surface area contributed by atoms with Gasteiger partial charge in [0.1, 0.15) is 0 Å². The standard InChI is InChI=1S/C21H34N2O3/c1-4-15-26-19-8-7-18(16-20(19)25-5-2)21(24)22-11-6-12-23-13-9-17(3)10-14-23/h7-8,16-17H,4-6,9-15H2,1-3H3,(H,22,24). The first-order valence-corrected chi connectivity index (χ1v) is 10.0. The maximum atomic E-state index is 12.4. The molecule has 5 heteroatoms. The highest BCUT2D eigenvalue weighted by Gasteiger charge is 2.15. The van der Waals surface area contributed by atoms with E-state index in [0.717, 1.165) is 25.3 Å². The molecule has 1 saturated heterocycles. The zero-order valence-electron chi connectivity index (χ0n) is 16.6. The summed E-state index contributed by atoms with van der Waals surface area (Å²) in [6.07, 6.45) is 4.50. The van der Waals surface area contributed by atoms with Gasteiger partial charge in [0.2, 0.25) is 0 Å². The minimum Gasteiger partial charge on any atom is -0.490 e. The fourth-order valence-electron chi connectivity index (χ4n) is 3.14. The number of amides is 1. The van der Waals surface area contributed by atoms with Crippen molar-refractivity contribution in [2.45, 2.75) is 46.5 Å². The molecule has 2 rings (SSSR count). The summed E-state index contributed by atoms with van der Waals surface area (Å²) in [6, 6.07) is 5.40. The number of ether oxygens (including phenoxy) is 2. The Labute approximate surface area is 158 Å². The predicted octanol–water partition coefficient (Wildman–Crippen LogP) is 3.73. The van der Waals surface area contributed by atoms with E-state index in [4.69, 9.17) is 9.47 Å². The number of benzene rings is 1. The molecule has 1 fully saturated rings. The maximum Gasteiger partial charge on any atom is 0.251 e. The second kappa shape index (κ2) is 11.1. The number of nitrogens with one attached hydrogen (secondary N) is 1. The zero-order chi connectivity index (χ0) is 18.8. The molecule has 0 bridgehead atoms. The molecule has 1 heterocycles. The van der Waals surface area contributed by atoms with Crippen LogP contribution in [-0.4, -0.2) is 50.2 Å². The number of carbonyl (C=O) groups is 1. The highest BCUT2D eigenvalue weighted by molar-refractivity contribution is 5.94. The molecule has 0 saturated carbocycles. The van der Waals surface area contributed by atoms with E-state index in [2.05, 4.69) is 24.1 Å². The number of likely N-dealkylation sites (tertiary alicyclic amines) is 1. The van der Waals surface area contributed by atoms with Crippen LogP contribution < -0.4 is 14.8 Å². The van der Waals surface area contributed by atoms with E-state index in [1.807, 2.05) is 13.0 Å². The monoisotopic (exact) mass is 362 g/mol. The molecule has 1 aliphatic heterocycles. The van der Waals surface area contributed by atoms with Gasteiger partial charge in [-0.05, 0) is 76.4 Å². The Balaban J connectivity index is 1.79. The molecule has 0 atom stereocenters. The van der Waals surface area contributed by atoms with Crippen molar-refractivity contribution in [3.05, 3.63) is 23.8 Å². The summed E-state index contributed by atoms with van der Waals surface area (Å²) < 4.78 is 11.3. The van der Waals surface area contributed by atoms with E-state index in [9.17, 15) is 4.79 Å². The molecule has 0 radical (unpaired) electrons. The summed E-state index contributed by atoms with van der Waals surface area (Å²) in [4.78, 5) is 14.9. The van der Waals surface area contributed by atoms with E-state index < -0.39 is 0 Å². The van der Waals surface area contributed by atoms with Crippen molar-refractivity contribution in [2.24, 2.45) is 5.92 Å². The molecular weight excluding hydrogens is 328 g/mol. The van der Waals surface area contributed by atoms with Gasteiger partial charge < -0.3 is 19.7 Å². The first-order valence-electron chi connectivity index (χ1n) is 10.0. The van der Waals surface area contributed by atoms with E-state index in [1.54, 1.807) is 12.1 Å². The maximum absolute atomic E-state index is 12.4. The Kier molecular flexibility index (Phi) is 8.75. The third-order valence-corrected chi connectivity index (χ3v) is 4.78. The minimum absolute atomic E-state index is 0.0553. The summed E-state index contributed by atoms with van der Waals surface area (Å²) in [7, 11) is 0. The average Bonchev–Trinajstić information content (AvgIpc) is 2.65. The smallest absolute Gasteiger partial charge is 0.251 e. The quantitative estimate of drug-likeness (QED) is 0.645. The SMILES string of the molecule is CCCOc1ccc(C(=O)NCCCN2CCC(C)CC2)cc1OCC. The molecule has 5 nitrogen and oxygen atoms in total. The second-order valence-electron chi connectivity index (χ2n) is 7.08. The number of hydrogen-bond donors (Lipinski definition) is 1. The van der Waals surface area contributed by atoms with Crippen LogP contribution in [0.1, 0.15) is 56.8 Å². The lowest BCUT2D eigenvalue weighted by atomic mass is 9.99. The van der Waals surface area contributed by atoms with Crippen LogP contribution in [0, 0.1) is 5.92 Å². The van der Waals surface area contributed by atoms with Gasteiger partial charge in [0.05, 0.1) is 13.2 Å². The highest BCUT2D eigenvalue weighted by Crippen LogP contribution is 2.28. The molecule has 146 valence electrons. The van der Waals surface area contributed by atoms with Gasteiger partial charge in [0, 0.05) is 12.1 Å². The van der Waals surface area contributed by atoms with E-state index in [0.29, 0.717) is 36.8 Å². The number of hydrogen-bond acceptors (Lipinski definition) is 4. The van der Waals surface area contributed by atoms with Gasteiger partial charge in [0.15, 0.2) is 11.5 Å². The predicted molar refractivity (Wildman–Crippen MR) is 105 cm³/mol. The fourth-order valence-corrected chi connectivity index (χ4v) is 3.14. The summed E-state index contributed by atoms with van der Waals surface area (Å²) in [5.41, 5.74) is 0.615. The first-order chi connectivity index (χ1) is 12.6. The summed E-state index contributed by atoms with van der Waals surface area (Å²) >= 11 is 0. The molecule has 26 heavy (non-hydrogen) atoms. The number of carbonyl (C=O) groups excluding carboxylic acids is 1. The molecular formula is C21H34N2O3. The highest BCUT2D eigenvalue weighted by atomic mass is 16.5. The van der Waals surface area contributed by atoms with Gasteiger partial charge in [-0.2, -0.15) is 0 Å². The Morgan fingerprint density at radius 3 is 2.65 bits per heavy atom. The first kappa shape index (κ1) is 20.6. The Morgan fingerprint density at radius 1 is 1.19 bits per heavy atom. The van der Waals surface area contributed by atoms with E-state index in [1.165, 1.54) is 25.9 Å². The Bertz CT molecular complexity index is 554. The molecule has 1 amide bonds. The van der Waals surface area contributed by atoms with Crippen molar-refractivity contribution in [3.63, 3.8) is 0 Å². The van der Waals surface area contributed by atoms with Crippen molar-refractivity contribution < 1.29 is 14.3 Å². The van der Waals surface area contributed by atoms with Gasteiger partial charge in [-0.3, -0.25) is 4.79 Å². The van der Waals surface area contributed by atoms with Crippen molar-refractivity contribution in [2.75, 3.05) is 39.4 Å². The molecule has 1 aromatic carbocycles. The fraction of sp³-hybridized carbons (Fsp3) is 0.667. The van der Waals surface area contributed by atoms with Gasteiger partial charge >= 0.3 is 0 Å². The minimum atomic E-state index is -0.0553. The van der Waals surface area contributed by atoms with E-state index in [-0.39, 0.29) is 5.91 Å². The zero-order valence-corrected chi connectivity index (χ0v) is 16.6. The van der Waals surface area contributed by atoms with Crippen molar-refractivity contribution in [1.82, 2.24) is 10.2 Å². The van der Waals surface area contributed by atoms with Crippen LogP contribution in [0.3, 0.4) is 0 Å². The van der Waals surface area contributed by atoms with Crippen LogP contribution in [0.2, 0.25) is 0 Å². The molecule has 0 aliphatic carbocycles. The van der Waals surface area contributed by atoms with Crippen molar-refractivity contribution in [3.8, 4) is 11.5 Å². The van der Waals surface area contributed by atoms with Crippen LogP contribution in [0.4, 0.5) is 0 Å². The van der Waals surface area contributed by atoms with Gasteiger partial charge in [-0.1, -0.05) is 13.8 Å². The van der Waals surface area contributed by atoms with Gasteiger partial charge in [-0.25, -0.2) is 0 Å². The topological polar surface area (TPSA) is 50.8 Å². The molecule has 0 spiro atoms. The van der Waals surface area contributed by atoms with Gasteiger partial charge in [0.25, 0.3) is 5.91 Å². The Morgan fingerprint density at radius 2 is 1.96 bits per heavy atom. The number of piperidine rings is 1. The third kappa shape index (κ3) is 6.52. The molecule has 1 aromatic rings. The number of nitrogens with zero attached hydrogens (tertiary/aromatic N) is 1. The summed E-state index contributed by atoms with van der Waals surface area (Å²) in [6.45, 7) is 11.6. The third-order valence-electron chi connectivity index (χ3n) is 4.78. The second-order valence-corrected chi connectivity index (χ2v) is 7.08. The lowest BCUT2D eigenvalue weighted by Gasteiger charge is -2.30. The van der Waals surface area contributed by atoms with Crippen LogP contribution >= 0.6 is 0 Å². The average molecular weight is 363 g/mol. The molecule has 0 aromatic heterocycles. The molecule has 1 aliphatic rings. The largest absolute Gasteiger partial charge is 0.490 e. The van der Waals surface area contributed by atoms with Crippen LogP contribution in [0.15, 0.2) is 18.2 Å². The molecule has 1 N–H and O–H groups in total. The Hall–Kier alpha value is -1.75.